The lowest BCUT2D eigenvalue weighted by molar-refractivity contribution is -0.139. The van der Waals surface area contributed by atoms with Gasteiger partial charge in [-0.15, -0.1) is 0 Å². The zero-order valence-electron chi connectivity index (χ0n) is 10.2. The predicted octanol–water partition coefficient (Wildman–Crippen LogP) is 1.55. The van der Waals surface area contributed by atoms with Gasteiger partial charge in [-0.2, -0.15) is 13.2 Å². The fraction of sp³-hybridized carbons (Fsp3) is 0.417. The summed E-state index contributed by atoms with van der Waals surface area (Å²) in [6.07, 6.45) is -4.53. The Kier molecular flexibility index (Phi) is 4.14. The minimum Gasteiger partial charge on any atom is -0.480 e. The van der Waals surface area contributed by atoms with Crippen molar-refractivity contribution in [2.75, 3.05) is 11.5 Å². The largest absolute Gasteiger partial charge is 0.480 e. The molecule has 20 heavy (non-hydrogen) atoms. The van der Waals surface area contributed by atoms with Gasteiger partial charge in [-0.05, 0) is 11.6 Å². The minimum absolute atomic E-state index is 0.0309. The molecule has 0 spiro atoms. The fourth-order valence-electron chi connectivity index (χ4n) is 2.16. The summed E-state index contributed by atoms with van der Waals surface area (Å²) < 4.78 is 50.5. The van der Waals surface area contributed by atoms with Crippen molar-refractivity contribution in [2.24, 2.45) is 0 Å². The highest BCUT2D eigenvalue weighted by molar-refractivity contribution is 7.85. The molecule has 0 aromatic heterocycles. The maximum Gasteiger partial charge on any atom is 0.416 e. The molecule has 0 radical (unpaired) electrons. The first-order chi connectivity index (χ1) is 9.29. The smallest absolute Gasteiger partial charge is 0.416 e. The van der Waals surface area contributed by atoms with Crippen molar-refractivity contribution in [3.8, 4) is 0 Å². The molecule has 1 aliphatic rings. The van der Waals surface area contributed by atoms with Crippen LogP contribution < -0.4 is 5.32 Å². The van der Waals surface area contributed by atoms with Crippen LogP contribution in [0.4, 0.5) is 13.2 Å². The highest BCUT2D eigenvalue weighted by atomic mass is 32.2. The zero-order chi connectivity index (χ0) is 14.9. The molecule has 2 rings (SSSR count). The van der Waals surface area contributed by atoms with Crippen LogP contribution in [-0.2, 0) is 21.8 Å². The van der Waals surface area contributed by atoms with E-state index in [1.54, 1.807) is 0 Å². The molecule has 3 atom stereocenters. The van der Waals surface area contributed by atoms with Gasteiger partial charge < -0.3 is 5.11 Å². The van der Waals surface area contributed by atoms with Crippen LogP contribution in [0.2, 0.25) is 0 Å². The van der Waals surface area contributed by atoms with Gasteiger partial charge in [0.05, 0.1) is 5.56 Å². The summed E-state index contributed by atoms with van der Waals surface area (Å²) >= 11 is 0. The molecule has 1 aliphatic heterocycles. The van der Waals surface area contributed by atoms with Crippen LogP contribution in [0.25, 0.3) is 0 Å². The van der Waals surface area contributed by atoms with Crippen LogP contribution in [0.1, 0.15) is 17.2 Å². The number of hydrogen-bond acceptors (Lipinski definition) is 3. The first kappa shape index (κ1) is 15.0. The molecule has 110 valence electrons. The summed E-state index contributed by atoms with van der Waals surface area (Å²) in [5.41, 5.74) is -0.903. The fourth-order valence-corrected chi connectivity index (χ4v) is 3.55. The molecule has 2 N–H and O–H groups in total. The van der Waals surface area contributed by atoms with E-state index in [1.807, 2.05) is 0 Å². The van der Waals surface area contributed by atoms with Crippen molar-refractivity contribution >= 4 is 16.8 Å². The highest BCUT2D eigenvalue weighted by Gasteiger charge is 2.38. The standard InChI is InChI=1S/C12H12F3NO3S/c13-12(14,15)8-4-2-1-3-7(8)9-5-20(19)6-10(16-9)11(17)18/h1-4,9-10,16H,5-6H2,(H,17,18). The number of halogens is 3. The Morgan fingerprint density at radius 3 is 2.55 bits per heavy atom. The SMILES string of the molecule is O=C(O)C1CS(=O)CC(c2ccccc2C(F)(F)F)N1. The molecule has 0 saturated carbocycles. The van der Waals surface area contributed by atoms with E-state index in [2.05, 4.69) is 5.32 Å². The summed E-state index contributed by atoms with van der Waals surface area (Å²) in [6.45, 7) is 0. The Hall–Kier alpha value is -1.41. The van der Waals surface area contributed by atoms with Crippen molar-refractivity contribution in [1.29, 1.82) is 0 Å². The van der Waals surface area contributed by atoms with Crippen molar-refractivity contribution in [3.05, 3.63) is 35.4 Å². The molecule has 0 aliphatic carbocycles. The lowest BCUT2D eigenvalue weighted by Crippen LogP contribution is -2.49. The molecular weight excluding hydrogens is 295 g/mol. The number of aliphatic carboxylic acids is 1. The summed E-state index contributed by atoms with van der Waals surface area (Å²) in [5, 5.41) is 11.6. The number of carboxylic acid groups (broad SMARTS) is 1. The van der Waals surface area contributed by atoms with Crippen molar-refractivity contribution in [3.63, 3.8) is 0 Å². The molecule has 0 bridgehead atoms. The Balaban J connectivity index is 2.36. The third-order valence-electron chi connectivity index (χ3n) is 3.05. The highest BCUT2D eigenvalue weighted by Crippen LogP contribution is 2.35. The van der Waals surface area contributed by atoms with Gasteiger partial charge in [0.2, 0.25) is 0 Å². The second-order valence-electron chi connectivity index (χ2n) is 4.47. The van der Waals surface area contributed by atoms with E-state index in [-0.39, 0.29) is 17.1 Å². The summed E-state index contributed by atoms with van der Waals surface area (Å²) in [4.78, 5) is 10.9. The first-order valence-corrected chi connectivity index (χ1v) is 7.28. The zero-order valence-corrected chi connectivity index (χ0v) is 11.0. The Bertz CT molecular complexity index is 547. The van der Waals surface area contributed by atoms with Crippen LogP contribution in [0.3, 0.4) is 0 Å². The van der Waals surface area contributed by atoms with E-state index in [0.717, 1.165) is 6.07 Å². The maximum absolute atomic E-state index is 12.9. The van der Waals surface area contributed by atoms with Crippen LogP contribution in [0.15, 0.2) is 24.3 Å². The van der Waals surface area contributed by atoms with E-state index in [1.165, 1.54) is 18.2 Å². The molecule has 1 fully saturated rings. The molecular formula is C12H12F3NO3S. The number of hydrogen-bond donors (Lipinski definition) is 2. The lowest BCUT2D eigenvalue weighted by atomic mass is 10.00. The molecule has 8 heteroatoms. The topological polar surface area (TPSA) is 66.4 Å². The van der Waals surface area contributed by atoms with Gasteiger partial charge in [0.15, 0.2) is 0 Å². The van der Waals surface area contributed by atoms with Crippen LogP contribution >= 0.6 is 0 Å². The van der Waals surface area contributed by atoms with E-state index in [0.29, 0.717) is 0 Å². The average molecular weight is 307 g/mol. The monoisotopic (exact) mass is 307 g/mol. The Morgan fingerprint density at radius 1 is 1.30 bits per heavy atom. The van der Waals surface area contributed by atoms with Gasteiger partial charge in [-0.1, -0.05) is 18.2 Å². The number of rotatable bonds is 2. The predicted molar refractivity (Wildman–Crippen MR) is 66.6 cm³/mol. The van der Waals surface area contributed by atoms with E-state index in [9.17, 15) is 22.2 Å². The van der Waals surface area contributed by atoms with Gasteiger partial charge in [0, 0.05) is 28.3 Å². The molecule has 1 aromatic rings. The van der Waals surface area contributed by atoms with Crippen molar-refractivity contribution in [2.45, 2.75) is 18.3 Å². The lowest BCUT2D eigenvalue weighted by Gasteiger charge is -2.30. The minimum atomic E-state index is -4.53. The summed E-state index contributed by atoms with van der Waals surface area (Å²) in [7, 11) is -1.47. The Morgan fingerprint density at radius 2 is 1.95 bits per heavy atom. The molecule has 3 unspecified atom stereocenters. The number of carboxylic acids is 1. The third-order valence-corrected chi connectivity index (χ3v) is 4.46. The average Bonchev–Trinajstić information content (AvgIpc) is 2.37. The number of carbonyl (C=O) groups is 1. The molecule has 1 saturated heterocycles. The maximum atomic E-state index is 12.9. The summed E-state index contributed by atoms with van der Waals surface area (Å²) in [6, 6.07) is 2.94. The van der Waals surface area contributed by atoms with Gasteiger partial charge in [-0.25, -0.2) is 0 Å². The van der Waals surface area contributed by atoms with Crippen molar-refractivity contribution in [1.82, 2.24) is 5.32 Å². The first-order valence-electron chi connectivity index (χ1n) is 5.79. The Labute approximate surface area is 115 Å². The van der Waals surface area contributed by atoms with E-state index < -0.39 is 40.6 Å². The second-order valence-corrected chi connectivity index (χ2v) is 6.01. The van der Waals surface area contributed by atoms with Gasteiger partial charge in [0.1, 0.15) is 6.04 Å². The molecule has 1 heterocycles. The van der Waals surface area contributed by atoms with E-state index >= 15 is 0 Å². The molecule has 0 amide bonds. The third kappa shape index (κ3) is 3.18. The van der Waals surface area contributed by atoms with E-state index in [4.69, 9.17) is 5.11 Å². The number of benzene rings is 1. The molecule has 4 nitrogen and oxygen atoms in total. The number of nitrogens with one attached hydrogen (secondary N) is 1. The van der Waals surface area contributed by atoms with Crippen LogP contribution in [0.5, 0.6) is 0 Å². The molecule has 1 aromatic carbocycles. The van der Waals surface area contributed by atoms with Crippen molar-refractivity contribution < 1.29 is 27.3 Å². The van der Waals surface area contributed by atoms with Gasteiger partial charge in [-0.3, -0.25) is 14.3 Å². The van der Waals surface area contributed by atoms with Gasteiger partial charge in [0.25, 0.3) is 0 Å². The number of alkyl halides is 3. The van der Waals surface area contributed by atoms with Crippen LogP contribution in [-0.4, -0.2) is 32.8 Å². The summed E-state index contributed by atoms with van der Waals surface area (Å²) in [5.74, 6) is -1.34. The quantitative estimate of drug-likeness (QED) is 0.870. The van der Waals surface area contributed by atoms with Crippen LogP contribution in [0, 0.1) is 0 Å². The van der Waals surface area contributed by atoms with Gasteiger partial charge >= 0.3 is 12.1 Å². The second kappa shape index (κ2) is 5.53. The normalized spacial score (nSPS) is 27.2.